The largest absolute Gasteiger partial charge is 0.366 e. The van der Waals surface area contributed by atoms with Gasteiger partial charge in [-0.15, -0.1) is 5.10 Å². The molecule has 130 valence electrons. The number of carbonyl (C=O) groups is 1. The van der Waals surface area contributed by atoms with Crippen LogP contribution in [-0.4, -0.2) is 52.2 Å². The monoisotopic (exact) mass is 331 g/mol. The number of carbonyl (C=O) groups excluding carboxylic acids is 1. The molecule has 1 amide bonds. The van der Waals surface area contributed by atoms with Crippen LogP contribution in [0.3, 0.4) is 0 Å². The third kappa shape index (κ3) is 3.35. The van der Waals surface area contributed by atoms with E-state index in [-0.39, 0.29) is 5.92 Å². The average molecular weight is 331 g/mol. The number of anilines is 1. The Morgan fingerprint density at radius 2 is 2.00 bits per heavy atom. The highest BCUT2D eigenvalue weighted by Gasteiger charge is 2.38. The topological polar surface area (TPSA) is 94.2 Å². The van der Waals surface area contributed by atoms with Crippen LogP contribution in [0.4, 0.5) is 5.82 Å². The summed E-state index contributed by atoms with van der Waals surface area (Å²) in [6.45, 7) is 1.65. The molecule has 0 spiro atoms. The molecule has 1 saturated carbocycles. The number of nitrogens with zero attached hydrogens (tertiary/aromatic N) is 3. The zero-order valence-corrected chi connectivity index (χ0v) is 13.7. The lowest BCUT2D eigenvalue weighted by molar-refractivity contribution is -0.137. The third-order valence-electron chi connectivity index (χ3n) is 5.45. The second-order valence-electron chi connectivity index (χ2n) is 6.99. The quantitative estimate of drug-likeness (QED) is 0.621. The van der Waals surface area contributed by atoms with Gasteiger partial charge in [0.15, 0.2) is 0 Å². The molecule has 3 atom stereocenters. The molecule has 3 heterocycles. The van der Waals surface area contributed by atoms with Gasteiger partial charge in [-0.05, 0) is 44.2 Å². The number of hydrogen-bond acceptors (Lipinski definition) is 7. The molecule has 3 unspecified atom stereocenters. The van der Waals surface area contributed by atoms with E-state index in [0.717, 1.165) is 51.0 Å². The van der Waals surface area contributed by atoms with Crippen molar-refractivity contribution in [1.82, 2.24) is 31.5 Å². The summed E-state index contributed by atoms with van der Waals surface area (Å²) in [6, 6.07) is 5.00. The molecule has 0 bridgehead atoms. The molecule has 3 aliphatic rings. The van der Waals surface area contributed by atoms with Crippen molar-refractivity contribution in [2.45, 2.75) is 50.2 Å². The second-order valence-corrected chi connectivity index (χ2v) is 6.99. The summed E-state index contributed by atoms with van der Waals surface area (Å²) in [7, 11) is 0. The van der Waals surface area contributed by atoms with Crippen LogP contribution in [0.1, 0.15) is 32.1 Å². The third-order valence-corrected chi connectivity index (χ3v) is 5.45. The van der Waals surface area contributed by atoms with E-state index in [2.05, 4.69) is 36.8 Å². The summed E-state index contributed by atoms with van der Waals surface area (Å²) in [6.07, 6.45) is 6.54. The summed E-state index contributed by atoms with van der Waals surface area (Å²) in [4.78, 5) is 14.9. The van der Waals surface area contributed by atoms with Gasteiger partial charge < -0.3 is 10.2 Å². The van der Waals surface area contributed by atoms with Crippen molar-refractivity contribution in [3.63, 3.8) is 0 Å². The van der Waals surface area contributed by atoms with Crippen LogP contribution in [-0.2, 0) is 4.79 Å². The molecular formula is C16H25N7O. The van der Waals surface area contributed by atoms with Crippen LogP contribution >= 0.6 is 0 Å². The molecule has 4 rings (SSSR count). The Balaban J connectivity index is 1.27. The van der Waals surface area contributed by atoms with E-state index in [4.69, 9.17) is 0 Å². The van der Waals surface area contributed by atoms with E-state index in [1.54, 1.807) is 6.20 Å². The maximum atomic E-state index is 12.8. The number of hydrazine groups is 2. The van der Waals surface area contributed by atoms with Crippen molar-refractivity contribution in [3.05, 3.63) is 18.3 Å². The summed E-state index contributed by atoms with van der Waals surface area (Å²) in [5.41, 5.74) is 9.44. The van der Waals surface area contributed by atoms with Gasteiger partial charge in [0, 0.05) is 43.3 Å². The van der Waals surface area contributed by atoms with Crippen molar-refractivity contribution >= 4 is 11.7 Å². The van der Waals surface area contributed by atoms with Gasteiger partial charge >= 0.3 is 0 Å². The Morgan fingerprint density at radius 1 is 1.17 bits per heavy atom. The smallest absolute Gasteiger partial charge is 0.225 e. The highest BCUT2D eigenvalue weighted by atomic mass is 16.2. The Bertz CT molecular complexity index is 561. The lowest BCUT2D eigenvalue weighted by Gasteiger charge is -2.37. The molecule has 4 N–H and O–H groups in total. The fraction of sp³-hybridized carbons (Fsp3) is 0.688. The van der Waals surface area contributed by atoms with E-state index in [1.165, 1.54) is 0 Å². The van der Waals surface area contributed by atoms with Gasteiger partial charge in [-0.1, -0.05) is 0 Å². The van der Waals surface area contributed by atoms with Gasteiger partial charge in [0.2, 0.25) is 5.91 Å². The zero-order chi connectivity index (χ0) is 16.4. The number of nitrogens with one attached hydrogen (secondary N) is 4. The van der Waals surface area contributed by atoms with Crippen molar-refractivity contribution in [1.29, 1.82) is 0 Å². The van der Waals surface area contributed by atoms with Gasteiger partial charge in [0.1, 0.15) is 5.82 Å². The van der Waals surface area contributed by atoms with Crippen LogP contribution in [0.15, 0.2) is 18.3 Å². The standard InChI is InChI=1S/C16H25N7O/c24-16(11-3-4-13-14(10-11)20-22-19-13)23-8-5-12(6-9-23)18-15-2-1-7-17-21-15/h1-2,7,11-14,19-20,22H,3-6,8-10H2,(H,18,21). The van der Waals surface area contributed by atoms with Crippen molar-refractivity contribution in [2.75, 3.05) is 18.4 Å². The zero-order valence-electron chi connectivity index (χ0n) is 13.7. The number of hydrogen-bond donors (Lipinski definition) is 4. The number of rotatable bonds is 3. The van der Waals surface area contributed by atoms with Gasteiger partial charge in [0.05, 0.1) is 0 Å². The Morgan fingerprint density at radius 3 is 2.79 bits per heavy atom. The van der Waals surface area contributed by atoms with E-state index in [1.807, 2.05) is 12.1 Å². The molecule has 1 aromatic rings. The normalized spacial score (nSPS) is 30.8. The van der Waals surface area contributed by atoms with Crippen LogP contribution in [0.5, 0.6) is 0 Å². The van der Waals surface area contributed by atoms with Gasteiger partial charge in [-0.2, -0.15) is 10.6 Å². The number of amides is 1. The number of aromatic nitrogens is 2. The predicted molar refractivity (Wildman–Crippen MR) is 89.6 cm³/mol. The lowest BCUT2D eigenvalue weighted by Crippen LogP contribution is -2.48. The Kier molecular flexibility index (Phi) is 4.59. The first kappa shape index (κ1) is 15.7. The average Bonchev–Trinajstić information content (AvgIpc) is 3.10. The second kappa shape index (κ2) is 7.00. The summed E-state index contributed by atoms with van der Waals surface area (Å²) < 4.78 is 0. The van der Waals surface area contributed by atoms with Crippen LogP contribution in [0, 0.1) is 5.92 Å². The molecule has 2 saturated heterocycles. The molecule has 2 aliphatic heterocycles. The summed E-state index contributed by atoms with van der Waals surface area (Å²) in [5.74, 6) is 1.30. The molecule has 0 aromatic carbocycles. The SMILES string of the molecule is O=C(C1CCC2NNNC2C1)N1CCC(Nc2cccnn2)CC1. The van der Waals surface area contributed by atoms with Crippen LogP contribution < -0.4 is 21.7 Å². The van der Waals surface area contributed by atoms with E-state index >= 15 is 0 Å². The van der Waals surface area contributed by atoms with Crippen molar-refractivity contribution in [3.8, 4) is 0 Å². The maximum absolute atomic E-state index is 12.8. The van der Waals surface area contributed by atoms with Crippen LogP contribution in [0.25, 0.3) is 0 Å². The van der Waals surface area contributed by atoms with Gasteiger partial charge in [-0.25, -0.2) is 10.9 Å². The Hall–Kier alpha value is -1.77. The van der Waals surface area contributed by atoms with Crippen molar-refractivity contribution in [2.24, 2.45) is 5.92 Å². The minimum absolute atomic E-state index is 0.157. The number of fused-ring (bicyclic) bond motifs is 1. The molecule has 1 aliphatic carbocycles. The van der Waals surface area contributed by atoms with E-state index in [9.17, 15) is 4.79 Å². The molecule has 24 heavy (non-hydrogen) atoms. The summed E-state index contributed by atoms with van der Waals surface area (Å²) >= 11 is 0. The molecule has 1 aromatic heterocycles. The minimum atomic E-state index is 0.157. The molecule has 8 nitrogen and oxygen atoms in total. The minimum Gasteiger partial charge on any atom is -0.366 e. The number of likely N-dealkylation sites (tertiary alicyclic amines) is 1. The predicted octanol–water partition coefficient (Wildman–Crippen LogP) is 0.0292. The lowest BCUT2D eigenvalue weighted by atomic mass is 9.82. The number of piperidine rings is 1. The summed E-state index contributed by atoms with van der Waals surface area (Å²) in [5, 5.41) is 11.4. The van der Waals surface area contributed by atoms with Gasteiger partial charge in [0.25, 0.3) is 0 Å². The molecular weight excluding hydrogens is 306 g/mol. The first-order valence-electron chi connectivity index (χ1n) is 8.88. The Labute approximate surface area is 141 Å². The van der Waals surface area contributed by atoms with Gasteiger partial charge in [-0.3, -0.25) is 4.79 Å². The maximum Gasteiger partial charge on any atom is 0.225 e. The van der Waals surface area contributed by atoms with Crippen LogP contribution in [0.2, 0.25) is 0 Å². The highest BCUT2D eigenvalue weighted by Crippen LogP contribution is 2.28. The highest BCUT2D eigenvalue weighted by molar-refractivity contribution is 5.79. The van der Waals surface area contributed by atoms with E-state index in [0.29, 0.717) is 24.0 Å². The molecule has 3 fully saturated rings. The fourth-order valence-electron chi connectivity index (χ4n) is 4.04. The molecule has 8 heteroatoms. The van der Waals surface area contributed by atoms with E-state index < -0.39 is 0 Å². The fourth-order valence-corrected chi connectivity index (χ4v) is 4.04. The molecule has 0 radical (unpaired) electrons. The first-order valence-corrected chi connectivity index (χ1v) is 8.88. The van der Waals surface area contributed by atoms with Crippen molar-refractivity contribution < 1.29 is 4.79 Å². The first-order chi connectivity index (χ1) is 11.8.